The van der Waals surface area contributed by atoms with Crippen molar-refractivity contribution in [1.29, 1.82) is 0 Å². The third-order valence-corrected chi connectivity index (χ3v) is 6.64. The molecule has 0 spiro atoms. The molecule has 0 unspecified atom stereocenters. The van der Waals surface area contributed by atoms with Crippen molar-refractivity contribution in [1.82, 2.24) is 0 Å². The van der Waals surface area contributed by atoms with Crippen LogP contribution in [0, 0.1) is 29.3 Å². The minimum Gasteiger partial charge on any atom is -0.204 e. The Labute approximate surface area is 143 Å². The normalized spacial score (nSPS) is 28.9. The summed E-state index contributed by atoms with van der Waals surface area (Å²) in [4.78, 5) is 0. The standard InChI is InChI=1S/C21H29F3/c1-2-12-21(17-8-9-18(22)20(24)19(17)23)13-10-16(11-14-21)15-6-4-3-5-7-15/h8-9,15-16H,2-7,10-14H2,1H3. The van der Waals surface area contributed by atoms with E-state index in [1.807, 2.05) is 0 Å². The summed E-state index contributed by atoms with van der Waals surface area (Å²) >= 11 is 0. The summed E-state index contributed by atoms with van der Waals surface area (Å²) in [7, 11) is 0. The smallest absolute Gasteiger partial charge is 0.194 e. The molecule has 0 saturated heterocycles. The largest absolute Gasteiger partial charge is 0.204 e. The average Bonchev–Trinajstić information content (AvgIpc) is 2.61. The lowest BCUT2D eigenvalue weighted by Gasteiger charge is -2.44. The van der Waals surface area contributed by atoms with Gasteiger partial charge in [0.1, 0.15) is 0 Å². The quantitative estimate of drug-likeness (QED) is 0.523. The van der Waals surface area contributed by atoms with E-state index >= 15 is 0 Å². The van der Waals surface area contributed by atoms with E-state index < -0.39 is 17.5 Å². The molecule has 0 bridgehead atoms. The summed E-state index contributed by atoms with van der Waals surface area (Å²) < 4.78 is 41.6. The first-order chi connectivity index (χ1) is 11.6. The average molecular weight is 338 g/mol. The molecule has 3 rings (SSSR count). The molecule has 0 nitrogen and oxygen atoms in total. The van der Waals surface area contributed by atoms with Crippen LogP contribution in [0.1, 0.15) is 83.1 Å². The molecule has 24 heavy (non-hydrogen) atoms. The van der Waals surface area contributed by atoms with Crippen LogP contribution in [0.4, 0.5) is 13.2 Å². The Bertz CT molecular complexity index is 552. The van der Waals surface area contributed by atoms with E-state index in [0.29, 0.717) is 5.56 Å². The molecular formula is C21H29F3. The zero-order valence-corrected chi connectivity index (χ0v) is 14.7. The van der Waals surface area contributed by atoms with Gasteiger partial charge in [-0.05, 0) is 61.0 Å². The highest BCUT2D eigenvalue weighted by atomic mass is 19.2. The number of rotatable bonds is 4. The number of halogens is 3. The van der Waals surface area contributed by atoms with Crippen molar-refractivity contribution in [3.8, 4) is 0 Å². The molecule has 0 radical (unpaired) electrons. The molecular weight excluding hydrogens is 309 g/mol. The van der Waals surface area contributed by atoms with Gasteiger partial charge < -0.3 is 0 Å². The van der Waals surface area contributed by atoms with Gasteiger partial charge in [-0.3, -0.25) is 0 Å². The van der Waals surface area contributed by atoms with Gasteiger partial charge in [0.25, 0.3) is 0 Å². The molecule has 1 aromatic rings. The van der Waals surface area contributed by atoms with E-state index in [4.69, 9.17) is 0 Å². The Balaban J connectivity index is 1.80. The summed E-state index contributed by atoms with van der Waals surface area (Å²) in [6, 6.07) is 2.59. The summed E-state index contributed by atoms with van der Waals surface area (Å²) in [5, 5.41) is 0. The van der Waals surface area contributed by atoms with E-state index in [9.17, 15) is 13.2 Å². The first-order valence-corrected chi connectivity index (χ1v) is 9.71. The van der Waals surface area contributed by atoms with E-state index in [-0.39, 0.29) is 5.41 Å². The summed E-state index contributed by atoms with van der Waals surface area (Å²) in [6.07, 6.45) is 12.5. The van der Waals surface area contributed by atoms with Gasteiger partial charge in [-0.15, -0.1) is 0 Å². The first kappa shape index (κ1) is 17.8. The third kappa shape index (κ3) is 3.36. The van der Waals surface area contributed by atoms with Gasteiger partial charge >= 0.3 is 0 Å². The van der Waals surface area contributed by atoms with Gasteiger partial charge in [0.15, 0.2) is 17.5 Å². The van der Waals surface area contributed by atoms with Crippen molar-refractivity contribution in [2.75, 3.05) is 0 Å². The van der Waals surface area contributed by atoms with E-state index in [1.54, 1.807) is 0 Å². The molecule has 1 aromatic carbocycles. The molecule has 2 aliphatic rings. The highest BCUT2D eigenvalue weighted by Gasteiger charge is 2.40. The molecule has 0 atom stereocenters. The molecule has 0 aromatic heterocycles. The Kier molecular flexibility index (Phi) is 5.56. The van der Waals surface area contributed by atoms with Gasteiger partial charge in [0, 0.05) is 0 Å². The molecule has 0 aliphatic heterocycles. The van der Waals surface area contributed by atoms with Crippen LogP contribution in [0.25, 0.3) is 0 Å². The van der Waals surface area contributed by atoms with Crippen molar-refractivity contribution in [2.24, 2.45) is 11.8 Å². The highest BCUT2D eigenvalue weighted by molar-refractivity contribution is 5.29. The number of benzene rings is 1. The molecule has 2 fully saturated rings. The SMILES string of the molecule is CCCC1(c2ccc(F)c(F)c2F)CCC(C2CCCCC2)CC1. The zero-order chi connectivity index (χ0) is 17.2. The van der Waals surface area contributed by atoms with Crippen LogP contribution in [-0.2, 0) is 5.41 Å². The molecule has 3 heteroatoms. The number of hydrogen-bond donors (Lipinski definition) is 0. The monoisotopic (exact) mass is 338 g/mol. The molecule has 2 aliphatic carbocycles. The Morgan fingerprint density at radius 1 is 0.875 bits per heavy atom. The second-order valence-corrected chi connectivity index (χ2v) is 7.99. The predicted octanol–water partition coefficient (Wildman–Crippen LogP) is 6.91. The van der Waals surface area contributed by atoms with Gasteiger partial charge in [0.2, 0.25) is 0 Å². The van der Waals surface area contributed by atoms with E-state index in [1.165, 1.54) is 38.2 Å². The highest BCUT2D eigenvalue weighted by Crippen LogP contribution is 2.49. The topological polar surface area (TPSA) is 0 Å². The van der Waals surface area contributed by atoms with Crippen LogP contribution in [0.2, 0.25) is 0 Å². The maximum absolute atomic E-state index is 14.5. The fraction of sp³-hybridized carbons (Fsp3) is 0.714. The van der Waals surface area contributed by atoms with Gasteiger partial charge in [-0.2, -0.15) is 0 Å². The summed E-state index contributed by atoms with van der Waals surface area (Å²) in [5.41, 5.74) is 0.101. The van der Waals surface area contributed by atoms with Gasteiger partial charge in [-0.1, -0.05) is 51.5 Å². The van der Waals surface area contributed by atoms with Crippen molar-refractivity contribution < 1.29 is 13.2 Å². The predicted molar refractivity (Wildman–Crippen MR) is 91.4 cm³/mol. The lowest BCUT2D eigenvalue weighted by molar-refractivity contribution is 0.139. The fourth-order valence-electron chi connectivity index (χ4n) is 5.34. The Hall–Kier alpha value is -0.990. The second kappa shape index (κ2) is 7.49. The van der Waals surface area contributed by atoms with Crippen LogP contribution in [-0.4, -0.2) is 0 Å². The van der Waals surface area contributed by atoms with Crippen molar-refractivity contribution in [3.63, 3.8) is 0 Å². The van der Waals surface area contributed by atoms with Gasteiger partial charge in [0.05, 0.1) is 0 Å². The van der Waals surface area contributed by atoms with E-state index in [0.717, 1.165) is 56.4 Å². The van der Waals surface area contributed by atoms with E-state index in [2.05, 4.69) is 6.92 Å². The van der Waals surface area contributed by atoms with Crippen LogP contribution < -0.4 is 0 Å². The minimum atomic E-state index is -1.31. The van der Waals surface area contributed by atoms with Crippen LogP contribution in [0.5, 0.6) is 0 Å². The molecule has 0 N–H and O–H groups in total. The zero-order valence-electron chi connectivity index (χ0n) is 14.7. The molecule has 2 saturated carbocycles. The molecule has 0 heterocycles. The fourth-order valence-corrected chi connectivity index (χ4v) is 5.34. The first-order valence-electron chi connectivity index (χ1n) is 9.71. The minimum absolute atomic E-state index is 0.307. The maximum Gasteiger partial charge on any atom is 0.194 e. The molecule has 0 amide bonds. The van der Waals surface area contributed by atoms with Crippen LogP contribution in [0.15, 0.2) is 12.1 Å². The van der Waals surface area contributed by atoms with Crippen LogP contribution >= 0.6 is 0 Å². The lowest BCUT2D eigenvalue weighted by Crippen LogP contribution is -2.35. The maximum atomic E-state index is 14.5. The summed E-state index contributed by atoms with van der Waals surface area (Å²) in [5.74, 6) is -1.78. The van der Waals surface area contributed by atoms with Crippen molar-refractivity contribution >= 4 is 0 Å². The second-order valence-electron chi connectivity index (χ2n) is 7.99. The number of hydrogen-bond acceptors (Lipinski definition) is 0. The summed E-state index contributed by atoms with van der Waals surface area (Å²) in [6.45, 7) is 2.09. The van der Waals surface area contributed by atoms with Crippen molar-refractivity contribution in [2.45, 2.75) is 83.0 Å². The Morgan fingerprint density at radius 3 is 2.12 bits per heavy atom. The molecule has 134 valence electrons. The van der Waals surface area contributed by atoms with Gasteiger partial charge in [-0.25, -0.2) is 13.2 Å². The third-order valence-electron chi connectivity index (χ3n) is 6.64. The lowest BCUT2D eigenvalue weighted by atomic mass is 9.61. The van der Waals surface area contributed by atoms with Crippen molar-refractivity contribution in [3.05, 3.63) is 35.1 Å². The Morgan fingerprint density at radius 2 is 1.50 bits per heavy atom. The van der Waals surface area contributed by atoms with Crippen LogP contribution in [0.3, 0.4) is 0 Å².